The van der Waals surface area contributed by atoms with Crippen molar-refractivity contribution < 1.29 is 21.9 Å². The molecule has 0 radical (unpaired) electrons. The predicted molar refractivity (Wildman–Crippen MR) is 84.8 cm³/mol. The summed E-state index contributed by atoms with van der Waals surface area (Å²) in [5.74, 6) is -1.22. The first-order chi connectivity index (χ1) is 11.9. The molecule has 0 spiro atoms. The van der Waals surface area contributed by atoms with E-state index < -0.39 is 33.5 Å². The Labute approximate surface area is 144 Å². The first-order valence-electron chi connectivity index (χ1n) is 7.74. The standard InChI is InChI=1S/C15H18F2N4O3S/c1-24-8-14-18-15-13(3-2-6-21(15)19-14)20-25(22,23)9-10-4-5-11(16)7-12(10)17/h4-5,7,13,20H,2-3,6,8-9H2,1H3/t13-/m1/s1. The molecule has 0 saturated carbocycles. The number of rotatable bonds is 6. The fourth-order valence-electron chi connectivity index (χ4n) is 2.80. The van der Waals surface area contributed by atoms with Crippen LogP contribution in [0.2, 0.25) is 0 Å². The van der Waals surface area contributed by atoms with Crippen LogP contribution in [-0.2, 0) is 33.7 Å². The van der Waals surface area contributed by atoms with Crippen LogP contribution in [0.15, 0.2) is 18.2 Å². The van der Waals surface area contributed by atoms with Gasteiger partial charge in [0.15, 0.2) is 5.82 Å². The minimum atomic E-state index is -3.84. The molecule has 3 rings (SSSR count). The van der Waals surface area contributed by atoms with Crippen LogP contribution >= 0.6 is 0 Å². The van der Waals surface area contributed by atoms with E-state index in [0.29, 0.717) is 30.7 Å². The summed E-state index contributed by atoms with van der Waals surface area (Å²) in [4.78, 5) is 4.32. The monoisotopic (exact) mass is 372 g/mol. The van der Waals surface area contributed by atoms with Crippen molar-refractivity contribution in [3.63, 3.8) is 0 Å². The van der Waals surface area contributed by atoms with Crippen LogP contribution in [0.4, 0.5) is 8.78 Å². The number of ether oxygens (including phenoxy) is 1. The minimum Gasteiger partial charge on any atom is -0.377 e. The molecule has 1 aliphatic rings. The summed E-state index contributed by atoms with van der Waals surface area (Å²) in [5.41, 5.74) is -0.0914. The molecule has 10 heteroatoms. The van der Waals surface area contributed by atoms with Crippen molar-refractivity contribution in [1.29, 1.82) is 0 Å². The van der Waals surface area contributed by atoms with Gasteiger partial charge in [-0.15, -0.1) is 0 Å². The number of aryl methyl sites for hydroxylation is 1. The summed E-state index contributed by atoms with van der Waals surface area (Å²) in [5, 5.41) is 4.27. The number of methoxy groups -OCH3 is 1. The fraction of sp³-hybridized carbons (Fsp3) is 0.467. The van der Waals surface area contributed by atoms with Gasteiger partial charge in [-0.25, -0.2) is 31.6 Å². The number of fused-ring (bicyclic) bond motifs is 1. The highest BCUT2D eigenvalue weighted by atomic mass is 32.2. The molecule has 0 bridgehead atoms. The third-order valence-corrected chi connectivity index (χ3v) is 5.21. The molecule has 1 aromatic heterocycles. The van der Waals surface area contributed by atoms with E-state index in [-0.39, 0.29) is 12.2 Å². The zero-order chi connectivity index (χ0) is 18.0. The minimum absolute atomic E-state index is 0.0914. The van der Waals surface area contributed by atoms with Gasteiger partial charge in [-0.2, -0.15) is 5.10 Å². The number of sulfonamides is 1. The summed E-state index contributed by atoms with van der Waals surface area (Å²) >= 11 is 0. The molecule has 0 fully saturated rings. The van der Waals surface area contributed by atoms with E-state index in [0.717, 1.165) is 18.6 Å². The topological polar surface area (TPSA) is 86.1 Å². The van der Waals surface area contributed by atoms with Gasteiger partial charge < -0.3 is 4.74 Å². The lowest BCUT2D eigenvalue weighted by Crippen LogP contribution is -2.34. The van der Waals surface area contributed by atoms with Crippen LogP contribution in [0.3, 0.4) is 0 Å². The first-order valence-corrected chi connectivity index (χ1v) is 9.39. The zero-order valence-corrected chi connectivity index (χ0v) is 14.4. The van der Waals surface area contributed by atoms with E-state index in [1.54, 1.807) is 4.68 Å². The summed E-state index contributed by atoms with van der Waals surface area (Å²) in [6.45, 7) is 0.886. The van der Waals surface area contributed by atoms with Crippen molar-refractivity contribution in [3.05, 3.63) is 47.0 Å². The zero-order valence-electron chi connectivity index (χ0n) is 13.6. The quantitative estimate of drug-likeness (QED) is 0.833. The van der Waals surface area contributed by atoms with Crippen molar-refractivity contribution in [2.45, 2.75) is 37.8 Å². The van der Waals surface area contributed by atoms with Gasteiger partial charge in [-0.3, -0.25) is 0 Å². The predicted octanol–water partition coefficient (Wildman–Crippen LogP) is 1.66. The Balaban J connectivity index is 1.77. The van der Waals surface area contributed by atoms with E-state index in [9.17, 15) is 17.2 Å². The second kappa shape index (κ2) is 7.14. The largest absolute Gasteiger partial charge is 0.377 e. The average Bonchev–Trinajstić information content (AvgIpc) is 2.94. The van der Waals surface area contributed by atoms with E-state index in [4.69, 9.17) is 4.74 Å². The molecule has 7 nitrogen and oxygen atoms in total. The molecule has 0 amide bonds. The van der Waals surface area contributed by atoms with Gasteiger partial charge in [0, 0.05) is 25.3 Å². The molecule has 1 N–H and O–H groups in total. The maximum absolute atomic E-state index is 13.7. The molecule has 1 aliphatic heterocycles. The average molecular weight is 372 g/mol. The third-order valence-electron chi connectivity index (χ3n) is 3.87. The highest BCUT2D eigenvalue weighted by Crippen LogP contribution is 2.25. The summed E-state index contributed by atoms with van der Waals surface area (Å²) in [6, 6.07) is 2.28. The number of nitrogens with zero attached hydrogens (tertiary/aromatic N) is 3. The smallest absolute Gasteiger partial charge is 0.216 e. The van der Waals surface area contributed by atoms with Crippen molar-refractivity contribution in [3.8, 4) is 0 Å². The Morgan fingerprint density at radius 2 is 2.20 bits per heavy atom. The van der Waals surface area contributed by atoms with Gasteiger partial charge in [-0.05, 0) is 18.9 Å². The van der Waals surface area contributed by atoms with Crippen LogP contribution in [0, 0.1) is 11.6 Å². The summed E-state index contributed by atoms with van der Waals surface area (Å²) < 4.78 is 60.6. The number of hydrogen-bond donors (Lipinski definition) is 1. The molecule has 2 aromatic rings. The van der Waals surface area contributed by atoms with Gasteiger partial charge in [-0.1, -0.05) is 6.07 Å². The Kier molecular flexibility index (Phi) is 5.11. The van der Waals surface area contributed by atoms with Crippen molar-refractivity contribution in [1.82, 2.24) is 19.5 Å². The molecule has 0 unspecified atom stereocenters. The fourth-order valence-corrected chi connectivity index (χ4v) is 4.19. The van der Waals surface area contributed by atoms with Crippen LogP contribution in [0.5, 0.6) is 0 Å². The molecule has 0 aliphatic carbocycles. The normalized spacial score (nSPS) is 17.5. The lowest BCUT2D eigenvalue weighted by atomic mass is 10.1. The lowest BCUT2D eigenvalue weighted by molar-refractivity contribution is 0.177. The van der Waals surface area contributed by atoms with Gasteiger partial charge >= 0.3 is 0 Å². The second-order valence-corrected chi connectivity index (χ2v) is 7.60. The molecule has 2 heterocycles. The Morgan fingerprint density at radius 1 is 1.40 bits per heavy atom. The number of benzene rings is 1. The van der Waals surface area contributed by atoms with Gasteiger partial charge in [0.2, 0.25) is 10.0 Å². The SMILES string of the molecule is COCc1nc2n(n1)CCC[C@H]2NS(=O)(=O)Cc1ccc(F)cc1F. The van der Waals surface area contributed by atoms with E-state index >= 15 is 0 Å². The molecular weight excluding hydrogens is 354 g/mol. The van der Waals surface area contributed by atoms with Crippen LogP contribution < -0.4 is 4.72 Å². The first kappa shape index (κ1) is 17.9. The van der Waals surface area contributed by atoms with Gasteiger partial charge in [0.05, 0.1) is 11.8 Å². The highest BCUT2D eigenvalue weighted by molar-refractivity contribution is 7.88. The molecule has 1 atom stereocenters. The Morgan fingerprint density at radius 3 is 2.92 bits per heavy atom. The number of halogens is 2. The maximum Gasteiger partial charge on any atom is 0.216 e. The van der Waals surface area contributed by atoms with Crippen LogP contribution in [0.1, 0.15) is 36.1 Å². The van der Waals surface area contributed by atoms with Crippen molar-refractivity contribution in [2.75, 3.05) is 7.11 Å². The van der Waals surface area contributed by atoms with Gasteiger partial charge in [0.25, 0.3) is 0 Å². The number of nitrogens with one attached hydrogen (secondary N) is 1. The van der Waals surface area contributed by atoms with Crippen LogP contribution in [-0.4, -0.2) is 30.3 Å². The highest BCUT2D eigenvalue weighted by Gasteiger charge is 2.28. The third kappa shape index (κ3) is 4.20. The lowest BCUT2D eigenvalue weighted by Gasteiger charge is -2.23. The molecule has 25 heavy (non-hydrogen) atoms. The summed E-state index contributed by atoms with van der Waals surface area (Å²) in [7, 11) is -2.31. The molecule has 0 saturated heterocycles. The summed E-state index contributed by atoms with van der Waals surface area (Å²) in [6.07, 6.45) is 1.30. The van der Waals surface area contributed by atoms with E-state index in [2.05, 4.69) is 14.8 Å². The van der Waals surface area contributed by atoms with Crippen LogP contribution in [0.25, 0.3) is 0 Å². The number of aromatic nitrogens is 3. The Hall–Kier alpha value is -1.91. The molecular formula is C15H18F2N4O3S. The van der Waals surface area contributed by atoms with Crippen molar-refractivity contribution in [2.24, 2.45) is 0 Å². The second-order valence-electron chi connectivity index (χ2n) is 5.85. The Bertz CT molecular complexity index is 870. The van der Waals surface area contributed by atoms with E-state index in [1.807, 2.05) is 0 Å². The van der Waals surface area contributed by atoms with Gasteiger partial charge in [0.1, 0.15) is 24.1 Å². The molecule has 1 aromatic carbocycles. The maximum atomic E-state index is 13.7. The van der Waals surface area contributed by atoms with Crippen molar-refractivity contribution >= 4 is 10.0 Å². The molecule has 136 valence electrons. The number of hydrogen-bond acceptors (Lipinski definition) is 5. The van der Waals surface area contributed by atoms with E-state index in [1.165, 1.54) is 7.11 Å².